The summed E-state index contributed by atoms with van der Waals surface area (Å²) in [6.07, 6.45) is 8.57. The van der Waals surface area contributed by atoms with Crippen molar-refractivity contribution in [3.05, 3.63) is 95.5 Å². The molecule has 0 radical (unpaired) electrons. The number of rotatable bonds is 2. The van der Waals surface area contributed by atoms with Gasteiger partial charge in [0.1, 0.15) is 5.41 Å². The SMILES string of the molecule is C=C1C(C)C2C(Cc3c[nH]c4ccccc34)NC(=O)C23c2ccc([nH]2)C(=O)C(C)=CC(C)CC=CC3C1O. The number of aromatic amines is 2. The van der Waals surface area contributed by atoms with Gasteiger partial charge in [0.2, 0.25) is 11.7 Å². The van der Waals surface area contributed by atoms with Crippen LogP contribution in [0.3, 0.4) is 0 Å². The minimum Gasteiger partial charge on any atom is -0.388 e. The molecule has 1 saturated heterocycles. The van der Waals surface area contributed by atoms with Gasteiger partial charge in [-0.3, -0.25) is 9.59 Å². The lowest BCUT2D eigenvalue weighted by molar-refractivity contribution is -0.129. The lowest BCUT2D eigenvalue weighted by Crippen LogP contribution is -2.57. The molecule has 38 heavy (non-hydrogen) atoms. The molecule has 6 heteroatoms. The van der Waals surface area contributed by atoms with Gasteiger partial charge in [0.25, 0.3) is 0 Å². The first-order valence-electron chi connectivity index (χ1n) is 13.6. The molecule has 3 aliphatic rings. The molecule has 3 aromatic rings. The zero-order valence-electron chi connectivity index (χ0n) is 22.1. The Balaban J connectivity index is 1.53. The largest absolute Gasteiger partial charge is 0.388 e. The Labute approximate surface area is 222 Å². The number of aliphatic hydroxyl groups is 1. The zero-order valence-corrected chi connectivity index (χ0v) is 22.1. The van der Waals surface area contributed by atoms with Gasteiger partial charge in [0, 0.05) is 40.7 Å². The van der Waals surface area contributed by atoms with Crippen molar-refractivity contribution in [1.82, 2.24) is 15.3 Å². The highest BCUT2D eigenvalue weighted by Crippen LogP contribution is 2.56. The van der Waals surface area contributed by atoms with Gasteiger partial charge in [-0.1, -0.05) is 56.9 Å². The van der Waals surface area contributed by atoms with Crippen molar-refractivity contribution >= 4 is 22.6 Å². The highest BCUT2D eigenvalue weighted by Gasteiger charge is 2.66. The van der Waals surface area contributed by atoms with Gasteiger partial charge in [-0.25, -0.2) is 0 Å². The first-order valence-corrected chi connectivity index (χ1v) is 13.6. The minimum atomic E-state index is -1.06. The minimum absolute atomic E-state index is 0.0697. The van der Waals surface area contributed by atoms with Gasteiger partial charge in [-0.05, 0) is 66.5 Å². The Kier molecular flexibility index (Phi) is 5.84. The molecule has 1 saturated carbocycles. The van der Waals surface area contributed by atoms with Crippen LogP contribution in [-0.4, -0.2) is 38.9 Å². The first kappa shape index (κ1) is 24.7. The topological polar surface area (TPSA) is 98.0 Å². The summed E-state index contributed by atoms with van der Waals surface area (Å²) >= 11 is 0. The third kappa shape index (κ3) is 3.50. The number of carbonyl (C=O) groups excluding carboxylic acids is 2. The van der Waals surface area contributed by atoms with Crippen LogP contribution in [0.2, 0.25) is 0 Å². The summed E-state index contributed by atoms with van der Waals surface area (Å²) in [6.45, 7) is 10.3. The van der Waals surface area contributed by atoms with E-state index in [4.69, 9.17) is 0 Å². The number of ketones is 1. The molecule has 1 aliphatic carbocycles. The van der Waals surface area contributed by atoms with E-state index >= 15 is 0 Å². The van der Waals surface area contributed by atoms with E-state index in [2.05, 4.69) is 53.9 Å². The second-order valence-electron chi connectivity index (χ2n) is 11.5. The second kappa shape index (κ2) is 8.98. The summed E-state index contributed by atoms with van der Waals surface area (Å²) in [5, 5.41) is 16.1. The first-order chi connectivity index (χ1) is 18.2. The highest BCUT2D eigenvalue weighted by atomic mass is 16.3. The van der Waals surface area contributed by atoms with Crippen molar-refractivity contribution in [1.29, 1.82) is 0 Å². The van der Waals surface area contributed by atoms with Gasteiger partial charge >= 0.3 is 0 Å². The van der Waals surface area contributed by atoms with E-state index < -0.39 is 17.4 Å². The van der Waals surface area contributed by atoms with E-state index in [-0.39, 0.29) is 35.5 Å². The fraction of sp³-hybridized carbons (Fsp3) is 0.375. The smallest absolute Gasteiger partial charge is 0.233 e. The van der Waals surface area contributed by atoms with E-state index in [0.717, 1.165) is 22.0 Å². The average Bonchev–Trinajstić information content (AvgIpc) is 3.61. The maximum Gasteiger partial charge on any atom is 0.233 e. The van der Waals surface area contributed by atoms with E-state index in [1.165, 1.54) is 0 Å². The summed E-state index contributed by atoms with van der Waals surface area (Å²) in [4.78, 5) is 34.3. The number of aromatic nitrogens is 2. The molecule has 1 amide bonds. The Morgan fingerprint density at radius 2 is 1.92 bits per heavy atom. The average molecular weight is 510 g/mol. The molecular weight excluding hydrogens is 474 g/mol. The summed E-state index contributed by atoms with van der Waals surface area (Å²) in [6, 6.07) is 11.7. The number of aliphatic hydroxyl groups excluding tert-OH is 1. The normalized spacial score (nSPS) is 33.3. The van der Waals surface area contributed by atoms with Crippen molar-refractivity contribution in [2.75, 3.05) is 0 Å². The molecule has 2 bridgehead atoms. The number of fused-ring (bicyclic) bond motifs is 3. The lowest BCUT2D eigenvalue weighted by atomic mass is 9.52. The van der Waals surface area contributed by atoms with Gasteiger partial charge in [0.05, 0.1) is 11.8 Å². The quantitative estimate of drug-likeness (QED) is 0.366. The van der Waals surface area contributed by atoms with Gasteiger partial charge < -0.3 is 20.4 Å². The van der Waals surface area contributed by atoms with Crippen molar-refractivity contribution in [2.24, 2.45) is 23.7 Å². The monoisotopic (exact) mass is 509 g/mol. The maximum atomic E-state index is 14.3. The number of amides is 1. The Morgan fingerprint density at radius 3 is 2.74 bits per heavy atom. The van der Waals surface area contributed by atoms with Crippen LogP contribution < -0.4 is 5.32 Å². The van der Waals surface area contributed by atoms with Crippen LogP contribution >= 0.6 is 0 Å². The molecule has 7 unspecified atom stereocenters. The predicted molar refractivity (Wildman–Crippen MR) is 149 cm³/mol. The number of allylic oxidation sites excluding steroid dienone is 3. The fourth-order valence-electron chi connectivity index (χ4n) is 7.39. The fourth-order valence-corrected chi connectivity index (χ4v) is 7.39. The summed E-state index contributed by atoms with van der Waals surface area (Å²) < 4.78 is 0. The van der Waals surface area contributed by atoms with Crippen molar-refractivity contribution in [3.8, 4) is 0 Å². The van der Waals surface area contributed by atoms with Crippen LogP contribution in [0.5, 0.6) is 0 Å². The second-order valence-corrected chi connectivity index (χ2v) is 11.5. The standard InChI is InChI=1S/C32H35N3O3/c1-17-8-7-10-23-30(37)20(4)19(3)28-26(15-21-16-33-24-11-6-5-9-22(21)24)35-31(38)32(23,28)27-13-12-25(34-27)29(36)18(2)14-17/h5-7,9-14,16-17,19,23,26,28,30,33-34,37H,4,8,15H2,1-3H3,(H,35,38). The molecule has 2 fully saturated rings. The van der Waals surface area contributed by atoms with E-state index in [1.54, 1.807) is 6.07 Å². The molecule has 4 N–H and O–H groups in total. The van der Waals surface area contributed by atoms with Crippen molar-refractivity contribution in [2.45, 2.75) is 51.2 Å². The Hall–Kier alpha value is -3.64. The summed E-state index contributed by atoms with van der Waals surface area (Å²) in [5.41, 5.74) is 3.73. The van der Waals surface area contributed by atoms with Crippen molar-refractivity contribution in [3.63, 3.8) is 0 Å². The number of hydrogen-bond donors (Lipinski definition) is 4. The molecule has 2 aliphatic heterocycles. The molecule has 6 nitrogen and oxygen atoms in total. The molecular formula is C32H35N3O3. The molecule has 4 heterocycles. The third-order valence-electron chi connectivity index (χ3n) is 9.26. The summed E-state index contributed by atoms with van der Waals surface area (Å²) in [7, 11) is 0. The van der Waals surface area contributed by atoms with Crippen molar-refractivity contribution < 1.29 is 14.7 Å². The molecule has 1 aromatic carbocycles. The summed E-state index contributed by atoms with van der Waals surface area (Å²) in [5.74, 6) is -0.848. The maximum absolute atomic E-state index is 14.3. The molecule has 7 atom stereocenters. The Bertz CT molecular complexity index is 1510. The number of carbonyl (C=O) groups is 2. The van der Waals surface area contributed by atoms with Gasteiger partial charge in [0.15, 0.2) is 0 Å². The van der Waals surface area contributed by atoms with Crippen LogP contribution in [0.25, 0.3) is 10.9 Å². The predicted octanol–water partition coefficient (Wildman–Crippen LogP) is 5.00. The molecule has 2 aromatic heterocycles. The Morgan fingerprint density at radius 1 is 1.13 bits per heavy atom. The van der Waals surface area contributed by atoms with Gasteiger partial charge in [-0.2, -0.15) is 0 Å². The third-order valence-corrected chi connectivity index (χ3v) is 9.26. The number of Topliss-reactive ketones (excluding diaryl/α,β-unsaturated/α-hetero) is 1. The van der Waals surface area contributed by atoms with Crippen LogP contribution in [0.4, 0.5) is 0 Å². The van der Waals surface area contributed by atoms with Crippen LogP contribution in [-0.2, 0) is 16.6 Å². The number of hydrogen-bond acceptors (Lipinski definition) is 3. The van der Waals surface area contributed by atoms with Crippen LogP contribution in [0.15, 0.2) is 78.5 Å². The zero-order chi connectivity index (χ0) is 26.8. The number of H-pyrrole nitrogens is 2. The van der Waals surface area contributed by atoms with E-state index in [9.17, 15) is 14.7 Å². The number of benzene rings is 1. The van der Waals surface area contributed by atoms with E-state index in [0.29, 0.717) is 29.8 Å². The lowest BCUT2D eigenvalue weighted by Gasteiger charge is -2.50. The van der Waals surface area contributed by atoms with Crippen LogP contribution in [0.1, 0.15) is 48.9 Å². The highest BCUT2D eigenvalue weighted by molar-refractivity contribution is 6.07. The molecule has 1 spiro atoms. The van der Waals surface area contributed by atoms with Gasteiger partial charge in [-0.15, -0.1) is 0 Å². The molecule has 196 valence electrons. The molecule has 6 rings (SSSR count). The number of para-hydroxylation sites is 1. The van der Waals surface area contributed by atoms with E-state index in [1.807, 2.05) is 43.5 Å². The number of nitrogens with one attached hydrogen (secondary N) is 3. The van der Waals surface area contributed by atoms with Crippen LogP contribution in [0, 0.1) is 23.7 Å².